The maximum atomic E-state index is 12.5. The number of carboxylic acids is 1. The van der Waals surface area contributed by atoms with Crippen LogP contribution in [0.5, 0.6) is 5.75 Å². The van der Waals surface area contributed by atoms with Gasteiger partial charge >= 0.3 is 5.97 Å². The second-order valence-electron chi connectivity index (χ2n) is 7.17. The number of rotatable bonds is 8. The fraction of sp³-hybridized carbons (Fsp3) is 0.286. The molecule has 0 aliphatic carbocycles. The Morgan fingerprint density at radius 3 is 2.50 bits per heavy atom. The van der Waals surface area contributed by atoms with Gasteiger partial charge in [-0.2, -0.15) is 0 Å². The standard InChI is InChI=1S/C21H23N3O4/c1-21(2,20(26)27)14-22-19(25)12-24-17-11-7-6-10-16(17)23-18(24)13-28-15-8-4-3-5-9-15/h3-11H,12-14H2,1-2H3,(H,22,25)(H,26,27). The molecule has 0 aliphatic heterocycles. The summed E-state index contributed by atoms with van der Waals surface area (Å²) in [5, 5.41) is 11.9. The predicted molar refractivity (Wildman–Crippen MR) is 105 cm³/mol. The number of carbonyl (C=O) groups is 2. The van der Waals surface area contributed by atoms with Gasteiger partial charge in [0.15, 0.2) is 0 Å². The van der Waals surface area contributed by atoms with Gasteiger partial charge in [-0.05, 0) is 38.1 Å². The molecule has 1 amide bonds. The average Bonchev–Trinajstić information content (AvgIpc) is 3.03. The highest BCUT2D eigenvalue weighted by atomic mass is 16.5. The smallest absolute Gasteiger partial charge is 0.310 e. The van der Waals surface area contributed by atoms with Crippen LogP contribution in [0.25, 0.3) is 11.0 Å². The van der Waals surface area contributed by atoms with Crippen molar-refractivity contribution in [2.24, 2.45) is 5.41 Å². The van der Waals surface area contributed by atoms with Crippen LogP contribution >= 0.6 is 0 Å². The van der Waals surface area contributed by atoms with Gasteiger partial charge in [-0.3, -0.25) is 9.59 Å². The fourth-order valence-corrected chi connectivity index (χ4v) is 2.67. The monoisotopic (exact) mass is 381 g/mol. The summed E-state index contributed by atoms with van der Waals surface area (Å²) in [7, 11) is 0. The van der Waals surface area contributed by atoms with Gasteiger partial charge in [-0.25, -0.2) is 4.98 Å². The first-order valence-electron chi connectivity index (χ1n) is 8.99. The highest BCUT2D eigenvalue weighted by Crippen LogP contribution is 2.19. The second-order valence-corrected chi connectivity index (χ2v) is 7.17. The van der Waals surface area contributed by atoms with Crippen molar-refractivity contribution in [2.45, 2.75) is 27.0 Å². The SMILES string of the molecule is CC(C)(CNC(=O)Cn1c(COc2ccccc2)nc2ccccc21)C(=O)O. The summed E-state index contributed by atoms with van der Waals surface area (Å²) in [4.78, 5) is 28.3. The maximum Gasteiger partial charge on any atom is 0.310 e. The summed E-state index contributed by atoms with van der Waals surface area (Å²) in [5.41, 5.74) is 0.556. The Morgan fingerprint density at radius 1 is 1.11 bits per heavy atom. The van der Waals surface area contributed by atoms with Crippen molar-refractivity contribution >= 4 is 22.9 Å². The third kappa shape index (κ3) is 4.49. The number of aliphatic carboxylic acids is 1. The average molecular weight is 381 g/mol. The number of benzene rings is 2. The molecule has 0 unspecified atom stereocenters. The Balaban J connectivity index is 1.77. The van der Waals surface area contributed by atoms with E-state index in [-0.39, 0.29) is 25.6 Å². The number of imidazole rings is 1. The molecular weight excluding hydrogens is 358 g/mol. The number of para-hydroxylation sites is 3. The zero-order chi connectivity index (χ0) is 20.1. The molecule has 0 fully saturated rings. The Hall–Kier alpha value is -3.35. The van der Waals surface area contributed by atoms with E-state index in [0.717, 1.165) is 11.0 Å². The van der Waals surface area contributed by atoms with E-state index in [1.165, 1.54) is 0 Å². The second kappa shape index (κ2) is 8.12. The Bertz CT molecular complexity index is 980. The molecule has 0 saturated heterocycles. The highest BCUT2D eigenvalue weighted by Gasteiger charge is 2.27. The normalized spacial score (nSPS) is 11.4. The minimum atomic E-state index is -1.04. The van der Waals surface area contributed by atoms with Crippen molar-refractivity contribution in [2.75, 3.05) is 6.54 Å². The van der Waals surface area contributed by atoms with Crippen LogP contribution in [0.15, 0.2) is 54.6 Å². The van der Waals surface area contributed by atoms with E-state index >= 15 is 0 Å². The van der Waals surface area contributed by atoms with E-state index in [4.69, 9.17) is 4.74 Å². The van der Waals surface area contributed by atoms with Gasteiger partial charge in [0.1, 0.15) is 24.7 Å². The molecule has 0 saturated carbocycles. The van der Waals surface area contributed by atoms with Crippen molar-refractivity contribution in [1.82, 2.24) is 14.9 Å². The molecule has 146 valence electrons. The molecule has 2 aromatic carbocycles. The van der Waals surface area contributed by atoms with Crippen LogP contribution in [-0.4, -0.2) is 33.1 Å². The number of ether oxygens (including phenoxy) is 1. The number of amides is 1. The molecule has 0 atom stereocenters. The van der Waals surface area contributed by atoms with Gasteiger partial charge in [0.2, 0.25) is 5.91 Å². The van der Waals surface area contributed by atoms with Crippen LogP contribution in [-0.2, 0) is 22.7 Å². The fourth-order valence-electron chi connectivity index (χ4n) is 2.67. The summed E-state index contributed by atoms with van der Waals surface area (Å²) >= 11 is 0. The minimum absolute atomic E-state index is 0.0314. The van der Waals surface area contributed by atoms with E-state index in [2.05, 4.69) is 10.3 Å². The van der Waals surface area contributed by atoms with Crippen LogP contribution in [0.2, 0.25) is 0 Å². The number of hydrogen-bond donors (Lipinski definition) is 2. The van der Waals surface area contributed by atoms with E-state index in [0.29, 0.717) is 11.6 Å². The highest BCUT2D eigenvalue weighted by molar-refractivity contribution is 5.82. The predicted octanol–water partition coefficient (Wildman–Crippen LogP) is 2.84. The third-order valence-corrected chi connectivity index (χ3v) is 4.45. The molecule has 1 aromatic heterocycles. The molecule has 3 rings (SSSR count). The minimum Gasteiger partial charge on any atom is -0.486 e. The first-order chi connectivity index (χ1) is 13.4. The maximum absolute atomic E-state index is 12.5. The first-order valence-corrected chi connectivity index (χ1v) is 8.99. The lowest BCUT2D eigenvalue weighted by Gasteiger charge is -2.19. The van der Waals surface area contributed by atoms with Crippen molar-refractivity contribution < 1.29 is 19.4 Å². The quantitative estimate of drug-likeness (QED) is 0.626. The van der Waals surface area contributed by atoms with Gasteiger partial charge in [0, 0.05) is 6.54 Å². The van der Waals surface area contributed by atoms with Crippen LogP contribution in [0.1, 0.15) is 19.7 Å². The van der Waals surface area contributed by atoms with Gasteiger partial charge in [0.25, 0.3) is 0 Å². The molecule has 2 N–H and O–H groups in total. The Morgan fingerprint density at radius 2 is 1.79 bits per heavy atom. The number of aromatic nitrogens is 2. The number of fused-ring (bicyclic) bond motifs is 1. The van der Waals surface area contributed by atoms with Crippen molar-refractivity contribution in [3.63, 3.8) is 0 Å². The van der Waals surface area contributed by atoms with E-state index in [9.17, 15) is 14.7 Å². The van der Waals surface area contributed by atoms with Crippen molar-refractivity contribution in [1.29, 1.82) is 0 Å². The lowest BCUT2D eigenvalue weighted by molar-refractivity contribution is -0.146. The topological polar surface area (TPSA) is 93.5 Å². The summed E-state index contributed by atoms with van der Waals surface area (Å²) < 4.78 is 7.59. The molecular formula is C21H23N3O4. The lowest BCUT2D eigenvalue weighted by Crippen LogP contribution is -2.40. The van der Waals surface area contributed by atoms with Crippen molar-refractivity contribution in [3.05, 3.63) is 60.4 Å². The zero-order valence-electron chi connectivity index (χ0n) is 15.9. The summed E-state index contributed by atoms with van der Waals surface area (Å²) in [6.07, 6.45) is 0. The summed E-state index contributed by atoms with van der Waals surface area (Å²) in [5.74, 6) is 0.0998. The largest absolute Gasteiger partial charge is 0.486 e. The number of carbonyl (C=O) groups excluding carboxylic acids is 1. The molecule has 0 aliphatic rings. The van der Waals surface area contributed by atoms with Gasteiger partial charge in [-0.15, -0.1) is 0 Å². The molecule has 28 heavy (non-hydrogen) atoms. The summed E-state index contributed by atoms with van der Waals surface area (Å²) in [6, 6.07) is 16.9. The number of hydrogen-bond acceptors (Lipinski definition) is 4. The molecule has 1 heterocycles. The van der Waals surface area contributed by atoms with Crippen LogP contribution in [0, 0.1) is 5.41 Å². The number of nitrogens with one attached hydrogen (secondary N) is 1. The number of nitrogens with zero attached hydrogens (tertiary/aromatic N) is 2. The van der Waals surface area contributed by atoms with Gasteiger partial charge < -0.3 is 19.7 Å². The molecule has 0 bridgehead atoms. The van der Waals surface area contributed by atoms with Crippen LogP contribution in [0.4, 0.5) is 0 Å². The zero-order valence-corrected chi connectivity index (χ0v) is 15.9. The Labute approximate surface area is 163 Å². The Kier molecular flexibility index (Phi) is 5.63. The van der Waals surface area contributed by atoms with E-state index in [1.54, 1.807) is 18.4 Å². The molecule has 0 radical (unpaired) electrons. The summed E-state index contributed by atoms with van der Waals surface area (Å²) in [6.45, 7) is 3.43. The molecule has 7 nitrogen and oxygen atoms in total. The van der Waals surface area contributed by atoms with Gasteiger partial charge in [-0.1, -0.05) is 30.3 Å². The lowest BCUT2D eigenvalue weighted by atomic mass is 9.94. The molecule has 3 aromatic rings. The van der Waals surface area contributed by atoms with Crippen molar-refractivity contribution in [3.8, 4) is 5.75 Å². The van der Waals surface area contributed by atoms with E-state index < -0.39 is 11.4 Å². The van der Waals surface area contributed by atoms with Gasteiger partial charge in [0.05, 0.1) is 16.4 Å². The van der Waals surface area contributed by atoms with E-state index in [1.807, 2.05) is 54.6 Å². The van der Waals surface area contributed by atoms with Crippen LogP contribution in [0.3, 0.4) is 0 Å². The number of carboxylic acid groups (broad SMARTS) is 1. The molecule has 7 heteroatoms. The first kappa shape index (κ1) is 19.4. The third-order valence-electron chi connectivity index (χ3n) is 4.45. The molecule has 0 spiro atoms. The van der Waals surface area contributed by atoms with Crippen LogP contribution < -0.4 is 10.1 Å².